The summed E-state index contributed by atoms with van der Waals surface area (Å²) >= 11 is 0. The third-order valence-corrected chi connectivity index (χ3v) is 4.22. The van der Waals surface area contributed by atoms with Crippen LogP contribution in [-0.4, -0.2) is 22.2 Å². The van der Waals surface area contributed by atoms with Crippen molar-refractivity contribution in [2.45, 2.75) is 53.4 Å². The zero-order valence-corrected chi connectivity index (χ0v) is 14.4. The van der Waals surface area contributed by atoms with Gasteiger partial charge in [0, 0.05) is 62.0 Å². The normalized spacial score (nSPS) is 19.0. The van der Waals surface area contributed by atoms with Crippen LogP contribution in [0.25, 0.3) is 0 Å². The van der Waals surface area contributed by atoms with Gasteiger partial charge in [-0.2, -0.15) is 0 Å². The Bertz CT molecular complexity index is 547. The van der Waals surface area contributed by atoms with Crippen molar-refractivity contribution >= 4 is 0 Å². The van der Waals surface area contributed by atoms with Crippen LogP contribution in [0.3, 0.4) is 0 Å². The average molecular weight is 302 g/mol. The van der Waals surface area contributed by atoms with Crippen LogP contribution < -0.4 is 10.6 Å². The number of aromatic nitrogens is 2. The molecule has 0 amide bonds. The molecule has 0 saturated heterocycles. The maximum atomic E-state index is 3.43. The second-order valence-electron chi connectivity index (χ2n) is 5.60. The highest BCUT2D eigenvalue weighted by Crippen LogP contribution is 2.19. The standard InChI is InChI=1S/C9H14N2.C7H10N2.C2H6/c1-7-3-4-9-8(2)10-5-6-11(7)9;1-2-7-6-8-3-5-9(7)4-1;1-2/h3-4,8,10H,5-6H2,1-2H3;1-2,4,8H,3,5-6H2;1-2H3. The minimum atomic E-state index is 0.525. The van der Waals surface area contributed by atoms with Gasteiger partial charge >= 0.3 is 0 Å². The minimum absolute atomic E-state index is 0.525. The molecule has 1 atom stereocenters. The maximum absolute atomic E-state index is 3.43. The molecule has 1 unspecified atom stereocenters. The van der Waals surface area contributed by atoms with Crippen LogP contribution in [-0.2, 0) is 19.6 Å². The Hall–Kier alpha value is -1.52. The van der Waals surface area contributed by atoms with Crippen molar-refractivity contribution in [1.29, 1.82) is 0 Å². The Kier molecular flexibility index (Phi) is 6.28. The molecule has 2 N–H and O–H groups in total. The first-order chi connectivity index (χ1) is 10.8. The van der Waals surface area contributed by atoms with Gasteiger partial charge < -0.3 is 19.8 Å². The van der Waals surface area contributed by atoms with E-state index in [1.165, 1.54) is 17.1 Å². The Balaban J connectivity index is 0.000000146. The van der Waals surface area contributed by atoms with E-state index in [2.05, 4.69) is 64.1 Å². The lowest BCUT2D eigenvalue weighted by atomic mass is 10.2. The third kappa shape index (κ3) is 3.81. The molecule has 2 aliphatic heterocycles. The topological polar surface area (TPSA) is 33.9 Å². The second kappa shape index (κ2) is 8.20. The summed E-state index contributed by atoms with van der Waals surface area (Å²) in [6.45, 7) is 13.9. The summed E-state index contributed by atoms with van der Waals surface area (Å²) in [5.74, 6) is 0. The van der Waals surface area contributed by atoms with Gasteiger partial charge in [-0.05, 0) is 38.1 Å². The van der Waals surface area contributed by atoms with Crippen molar-refractivity contribution in [1.82, 2.24) is 19.8 Å². The highest BCUT2D eigenvalue weighted by atomic mass is 15.1. The van der Waals surface area contributed by atoms with Crippen LogP contribution in [0.1, 0.15) is 43.9 Å². The summed E-state index contributed by atoms with van der Waals surface area (Å²) in [6, 6.07) is 9.19. The molecule has 22 heavy (non-hydrogen) atoms. The van der Waals surface area contributed by atoms with Crippen LogP contribution in [0.5, 0.6) is 0 Å². The zero-order chi connectivity index (χ0) is 15.9. The third-order valence-electron chi connectivity index (χ3n) is 4.22. The van der Waals surface area contributed by atoms with Crippen LogP contribution in [0.2, 0.25) is 0 Å². The summed E-state index contributed by atoms with van der Waals surface area (Å²) < 4.78 is 4.68. The van der Waals surface area contributed by atoms with E-state index < -0.39 is 0 Å². The highest BCUT2D eigenvalue weighted by Gasteiger charge is 2.15. The van der Waals surface area contributed by atoms with E-state index in [9.17, 15) is 0 Å². The molecule has 0 radical (unpaired) electrons. The fourth-order valence-electron chi connectivity index (χ4n) is 3.01. The van der Waals surface area contributed by atoms with Gasteiger partial charge in [-0.3, -0.25) is 0 Å². The first kappa shape index (κ1) is 16.8. The van der Waals surface area contributed by atoms with Crippen LogP contribution >= 0.6 is 0 Å². The van der Waals surface area contributed by atoms with Crippen LogP contribution in [0.4, 0.5) is 0 Å². The number of rotatable bonds is 0. The average Bonchev–Trinajstić information content (AvgIpc) is 3.18. The number of nitrogens with zero attached hydrogens (tertiary/aromatic N) is 2. The molecule has 4 heterocycles. The maximum Gasteiger partial charge on any atom is 0.0446 e. The lowest BCUT2D eigenvalue weighted by Gasteiger charge is -2.24. The Morgan fingerprint density at radius 2 is 1.91 bits per heavy atom. The molecular formula is C18H30N4. The Labute approximate surface area is 134 Å². The summed E-state index contributed by atoms with van der Waals surface area (Å²) in [5, 5.41) is 6.74. The first-order valence-electron chi connectivity index (χ1n) is 8.50. The summed E-state index contributed by atoms with van der Waals surface area (Å²) in [4.78, 5) is 0. The Morgan fingerprint density at radius 1 is 1.09 bits per heavy atom. The molecule has 2 aromatic heterocycles. The van der Waals surface area contributed by atoms with Crippen molar-refractivity contribution in [2.75, 3.05) is 13.1 Å². The van der Waals surface area contributed by atoms with Crippen LogP contribution in [0, 0.1) is 6.92 Å². The lowest BCUT2D eigenvalue weighted by molar-refractivity contribution is 0.443. The number of aryl methyl sites for hydroxylation is 1. The molecule has 0 aliphatic carbocycles. The van der Waals surface area contributed by atoms with Gasteiger partial charge in [-0.25, -0.2) is 0 Å². The van der Waals surface area contributed by atoms with Gasteiger partial charge in [0.25, 0.3) is 0 Å². The summed E-state index contributed by atoms with van der Waals surface area (Å²) in [5.41, 5.74) is 4.21. The van der Waals surface area contributed by atoms with Crippen molar-refractivity contribution in [3.05, 3.63) is 47.5 Å². The molecule has 2 aliphatic rings. The number of hydrogen-bond acceptors (Lipinski definition) is 2. The number of fused-ring (bicyclic) bond motifs is 2. The number of hydrogen-bond donors (Lipinski definition) is 2. The van der Waals surface area contributed by atoms with Gasteiger partial charge in [0.2, 0.25) is 0 Å². The van der Waals surface area contributed by atoms with E-state index in [0.717, 1.165) is 32.7 Å². The highest BCUT2D eigenvalue weighted by molar-refractivity contribution is 5.19. The Morgan fingerprint density at radius 3 is 2.64 bits per heavy atom. The molecule has 0 spiro atoms. The van der Waals surface area contributed by atoms with Crippen molar-refractivity contribution in [3.8, 4) is 0 Å². The predicted molar refractivity (Wildman–Crippen MR) is 93.1 cm³/mol. The fourth-order valence-corrected chi connectivity index (χ4v) is 3.01. The first-order valence-corrected chi connectivity index (χ1v) is 8.50. The lowest BCUT2D eigenvalue weighted by Crippen LogP contribution is -2.31. The predicted octanol–water partition coefficient (Wildman–Crippen LogP) is 3.08. The molecule has 4 rings (SSSR count). The second-order valence-corrected chi connectivity index (χ2v) is 5.60. The van der Waals surface area contributed by atoms with E-state index in [1.54, 1.807) is 0 Å². The molecule has 0 aromatic carbocycles. The molecule has 0 bridgehead atoms. The van der Waals surface area contributed by atoms with E-state index in [0.29, 0.717) is 6.04 Å². The van der Waals surface area contributed by atoms with E-state index in [4.69, 9.17) is 0 Å². The summed E-state index contributed by atoms with van der Waals surface area (Å²) in [7, 11) is 0. The fraction of sp³-hybridized carbons (Fsp3) is 0.556. The largest absolute Gasteiger partial charge is 0.349 e. The van der Waals surface area contributed by atoms with E-state index in [-0.39, 0.29) is 0 Å². The van der Waals surface area contributed by atoms with Gasteiger partial charge in [0.1, 0.15) is 0 Å². The number of nitrogens with one attached hydrogen (secondary N) is 2. The van der Waals surface area contributed by atoms with Gasteiger partial charge in [-0.1, -0.05) is 13.8 Å². The molecule has 122 valence electrons. The van der Waals surface area contributed by atoms with E-state index >= 15 is 0 Å². The monoisotopic (exact) mass is 302 g/mol. The molecular weight excluding hydrogens is 272 g/mol. The molecule has 4 nitrogen and oxygen atoms in total. The smallest absolute Gasteiger partial charge is 0.0446 e. The van der Waals surface area contributed by atoms with Crippen molar-refractivity contribution in [3.63, 3.8) is 0 Å². The summed E-state index contributed by atoms with van der Waals surface area (Å²) in [6.07, 6.45) is 2.14. The molecule has 2 aromatic rings. The molecule has 0 fully saturated rings. The zero-order valence-electron chi connectivity index (χ0n) is 14.4. The van der Waals surface area contributed by atoms with Gasteiger partial charge in [-0.15, -0.1) is 0 Å². The molecule has 0 saturated carbocycles. The van der Waals surface area contributed by atoms with Crippen molar-refractivity contribution in [2.24, 2.45) is 0 Å². The van der Waals surface area contributed by atoms with Gasteiger partial charge in [0.15, 0.2) is 0 Å². The minimum Gasteiger partial charge on any atom is -0.349 e. The SMILES string of the molecule is CC.Cc1ccc2n1CCNC2C.c1cc2n(c1)CCNC2. The van der Waals surface area contributed by atoms with Gasteiger partial charge in [0.05, 0.1) is 0 Å². The van der Waals surface area contributed by atoms with Crippen molar-refractivity contribution < 1.29 is 0 Å². The molecule has 4 heteroatoms. The van der Waals surface area contributed by atoms with E-state index in [1.807, 2.05) is 13.8 Å². The quantitative estimate of drug-likeness (QED) is 0.784. The van der Waals surface area contributed by atoms with Crippen LogP contribution in [0.15, 0.2) is 30.5 Å².